The van der Waals surface area contributed by atoms with Crippen molar-refractivity contribution in [2.45, 2.75) is 37.6 Å². The highest BCUT2D eigenvalue weighted by Gasteiger charge is 2.43. The lowest BCUT2D eigenvalue weighted by molar-refractivity contribution is 0.136. The number of rotatable bonds is 4. The van der Waals surface area contributed by atoms with Crippen LogP contribution in [0, 0.1) is 0 Å². The van der Waals surface area contributed by atoms with Gasteiger partial charge in [0.2, 0.25) is 5.95 Å². The van der Waals surface area contributed by atoms with Crippen molar-refractivity contribution in [1.29, 1.82) is 0 Å². The fraction of sp³-hybridized carbons (Fsp3) is 0.571. The van der Waals surface area contributed by atoms with Gasteiger partial charge in [-0.1, -0.05) is 6.07 Å². The number of hydrogen-bond acceptors (Lipinski definition) is 6. The van der Waals surface area contributed by atoms with E-state index < -0.39 is 0 Å². The first kappa shape index (κ1) is 18.2. The summed E-state index contributed by atoms with van der Waals surface area (Å²) in [4.78, 5) is 20.7. The quantitative estimate of drug-likeness (QED) is 0.829. The molecule has 4 rings (SSSR count). The summed E-state index contributed by atoms with van der Waals surface area (Å²) in [5.74, 6) is 1.84. The van der Waals surface area contributed by atoms with E-state index >= 15 is 0 Å². The average molecular weight is 367 g/mol. The van der Waals surface area contributed by atoms with E-state index in [0.717, 1.165) is 37.8 Å². The summed E-state index contributed by atoms with van der Waals surface area (Å²) in [5, 5.41) is 0. The fourth-order valence-corrected chi connectivity index (χ4v) is 4.54. The molecule has 1 aliphatic heterocycles. The SMILES string of the molecule is CN(C)c1ccc(CN2CCCC3(CCc4cnc(N(C)C)nc43)C2)cn1. The Labute approximate surface area is 162 Å². The zero-order valence-corrected chi connectivity index (χ0v) is 16.9. The van der Waals surface area contributed by atoms with Crippen molar-refractivity contribution in [3.05, 3.63) is 41.3 Å². The molecule has 1 fully saturated rings. The van der Waals surface area contributed by atoms with Gasteiger partial charge in [-0.25, -0.2) is 15.0 Å². The highest BCUT2D eigenvalue weighted by molar-refractivity contribution is 5.40. The molecule has 0 N–H and O–H groups in total. The van der Waals surface area contributed by atoms with E-state index in [4.69, 9.17) is 4.98 Å². The Balaban J connectivity index is 1.53. The van der Waals surface area contributed by atoms with Crippen molar-refractivity contribution < 1.29 is 0 Å². The van der Waals surface area contributed by atoms with Crippen molar-refractivity contribution in [3.63, 3.8) is 0 Å². The monoisotopic (exact) mass is 366 g/mol. The molecule has 27 heavy (non-hydrogen) atoms. The molecule has 1 saturated heterocycles. The minimum absolute atomic E-state index is 0.193. The summed E-state index contributed by atoms with van der Waals surface area (Å²) < 4.78 is 0. The van der Waals surface area contributed by atoms with Crippen LogP contribution in [0.2, 0.25) is 0 Å². The second kappa shape index (κ2) is 7.08. The van der Waals surface area contributed by atoms with Gasteiger partial charge in [-0.2, -0.15) is 0 Å². The highest BCUT2D eigenvalue weighted by atomic mass is 15.2. The first-order chi connectivity index (χ1) is 13.0. The number of aryl methyl sites for hydroxylation is 1. The maximum Gasteiger partial charge on any atom is 0.225 e. The number of fused-ring (bicyclic) bond motifs is 2. The maximum absolute atomic E-state index is 4.97. The van der Waals surface area contributed by atoms with Crippen LogP contribution >= 0.6 is 0 Å². The summed E-state index contributed by atoms with van der Waals surface area (Å²) in [5.41, 5.74) is 4.12. The molecule has 2 aliphatic rings. The predicted octanol–water partition coefficient (Wildman–Crippen LogP) is 2.48. The van der Waals surface area contributed by atoms with Crippen LogP contribution in [0.15, 0.2) is 24.5 Å². The van der Waals surface area contributed by atoms with Gasteiger partial charge in [0, 0.05) is 59.1 Å². The molecule has 1 spiro atoms. The number of hydrogen-bond donors (Lipinski definition) is 0. The number of pyridine rings is 1. The molecule has 1 aliphatic carbocycles. The minimum atomic E-state index is 0.193. The van der Waals surface area contributed by atoms with Gasteiger partial charge in [0.15, 0.2) is 0 Å². The molecular weight excluding hydrogens is 336 g/mol. The van der Waals surface area contributed by atoms with Gasteiger partial charge in [-0.3, -0.25) is 4.90 Å². The molecule has 0 radical (unpaired) electrons. The largest absolute Gasteiger partial charge is 0.363 e. The maximum atomic E-state index is 4.97. The second-order valence-electron chi connectivity index (χ2n) is 8.45. The zero-order valence-electron chi connectivity index (χ0n) is 16.9. The molecule has 6 nitrogen and oxygen atoms in total. The molecule has 0 amide bonds. The number of aromatic nitrogens is 3. The second-order valence-corrected chi connectivity index (χ2v) is 8.45. The minimum Gasteiger partial charge on any atom is -0.363 e. The fourth-order valence-electron chi connectivity index (χ4n) is 4.54. The predicted molar refractivity (Wildman–Crippen MR) is 109 cm³/mol. The number of likely N-dealkylation sites (tertiary alicyclic amines) is 1. The van der Waals surface area contributed by atoms with Crippen LogP contribution in [-0.4, -0.2) is 61.1 Å². The normalized spacial score (nSPS) is 22.1. The van der Waals surface area contributed by atoms with Gasteiger partial charge < -0.3 is 9.80 Å². The Kier molecular flexibility index (Phi) is 4.76. The van der Waals surface area contributed by atoms with Crippen LogP contribution in [0.4, 0.5) is 11.8 Å². The molecule has 144 valence electrons. The molecule has 6 heteroatoms. The van der Waals surface area contributed by atoms with E-state index in [1.165, 1.54) is 36.1 Å². The molecular formula is C21H30N6. The van der Waals surface area contributed by atoms with Gasteiger partial charge in [-0.05, 0) is 49.4 Å². The van der Waals surface area contributed by atoms with Gasteiger partial charge >= 0.3 is 0 Å². The van der Waals surface area contributed by atoms with E-state index in [1.54, 1.807) is 0 Å². The van der Waals surface area contributed by atoms with E-state index in [2.05, 4.69) is 33.2 Å². The summed E-state index contributed by atoms with van der Waals surface area (Å²) in [6, 6.07) is 4.31. The molecule has 0 saturated carbocycles. The van der Waals surface area contributed by atoms with Crippen molar-refractivity contribution in [1.82, 2.24) is 19.9 Å². The van der Waals surface area contributed by atoms with E-state index in [9.17, 15) is 0 Å². The highest BCUT2D eigenvalue weighted by Crippen LogP contribution is 2.44. The Morgan fingerprint density at radius 1 is 1.04 bits per heavy atom. The van der Waals surface area contributed by atoms with Crippen molar-refractivity contribution in [2.75, 3.05) is 51.1 Å². The Morgan fingerprint density at radius 3 is 2.59 bits per heavy atom. The molecule has 1 unspecified atom stereocenters. The zero-order chi connectivity index (χ0) is 19.0. The van der Waals surface area contributed by atoms with Crippen LogP contribution < -0.4 is 9.80 Å². The third-order valence-electron chi connectivity index (χ3n) is 5.96. The summed E-state index contributed by atoms with van der Waals surface area (Å²) in [6.07, 6.45) is 8.83. The van der Waals surface area contributed by atoms with Crippen LogP contribution in [0.1, 0.15) is 36.1 Å². The van der Waals surface area contributed by atoms with E-state index in [1.807, 2.05) is 44.2 Å². The lowest BCUT2D eigenvalue weighted by atomic mass is 9.77. The van der Waals surface area contributed by atoms with Crippen molar-refractivity contribution in [2.24, 2.45) is 0 Å². The van der Waals surface area contributed by atoms with Gasteiger partial charge in [0.1, 0.15) is 5.82 Å². The first-order valence-electron chi connectivity index (χ1n) is 9.85. The van der Waals surface area contributed by atoms with Gasteiger partial charge in [0.25, 0.3) is 0 Å². The average Bonchev–Trinajstić information content (AvgIpc) is 2.99. The molecule has 1 atom stereocenters. The lowest BCUT2D eigenvalue weighted by Crippen LogP contribution is -2.45. The van der Waals surface area contributed by atoms with Crippen molar-refractivity contribution in [3.8, 4) is 0 Å². The van der Waals surface area contributed by atoms with E-state index in [-0.39, 0.29) is 5.41 Å². The molecule has 2 aromatic rings. The molecule has 2 aromatic heterocycles. The Morgan fingerprint density at radius 2 is 1.89 bits per heavy atom. The summed E-state index contributed by atoms with van der Waals surface area (Å²) in [7, 11) is 8.08. The van der Waals surface area contributed by atoms with Crippen LogP contribution in [0.5, 0.6) is 0 Å². The Bertz CT molecular complexity index is 797. The third-order valence-corrected chi connectivity index (χ3v) is 5.96. The topological polar surface area (TPSA) is 48.4 Å². The molecule has 0 bridgehead atoms. The Hall–Kier alpha value is -2.21. The van der Waals surface area contributed by atoms with Crippen LogP contribution in [0.25, 0.3) is 0 Å². The third kappa shape index (κ3) is 3.50. The summed E-state index contributed by atoms with van der Waals surface area (Å²) in [6.45, 7) is 3.20. The van der Waals surface area contributed by atoms with Gasteiger partial charge in [0.05, 0.1) is 5.69 Å². The van der Waals surface area contributed by atoms with Gasteiger partial charge in [-0.15, -0.1) is 0 Å². The van der Waals surface area contributed by atoms with E-state index in [0.29, 0.717) is 0 Å². The van der Waals surface area contributed by atoms with Crippen LogP contribution in [-0.2, 0) is 18.4 Å². The standard InChI is InChI=1S/C21H30N6/c1-25(2)18-7-6-16(12-22-18)14-27-11-5-9-21(15-27)10-8-17-13-23-20(26(3)4)24-19(17)21/h6-7,12-13H,5,8-11,14-15H2,1-4H3. The van der Waals surface area contributed by atoms with Crippen molar-refractivity contribution >= 4 is 11.8 Å². The lowest BCUT2D eigenvalue weighted by Gasteiger charge is -2.40. The molecule has 0 aromatic carbocycles. The van der Waals surface area contributed by atoms with Crippen LogP contribution in [0.3, 0.4) is 0 Å². The summed E-state index contributed by atoms with van der Waals surface area (Å²) >= 11 is 0. The number of nitrogens with zero attached hydrogens (tertiary/aromatic N) is 6. The number of anilines is 2. The first-order valence-corrected chi connectivity index (χ1v) is 9.85. The number of piperidine rings is 1. The smallest absolute Gasteiger partial charge is 0.225 e. The molecule has 3 heterocycles.